The number of hydrogen-bond acceptors (Lipinski definition) is 3. The smallest absolute Gasteiger partial charge is 0.0361 e. The Bertz CT molecular complexity index is 413. The molecule has 0 amide bonds. The number of nitrogens with two attached hydrogens (primary N) is 1. The van der Waals surface area contributed by atoms with Crippen molar-refractivity contribution < 1.29 is 0 Å². The van der Waals surface area contributed by atoms with Crippen LogP contribution in [0.1, 0.15) is 44.7 Å². The Labute approximate surface area is 123 Å². The number of likely N-dealkylation sites (tertiary alicyclic amines) is 1. The molecular formula is C17H29N3. The summed E-state index contributed by atoms with van der Waals surface area (Å²) in [7, 11) is 4.16. The summed E-state index contributed by atoms with van der Waals surface area (Å²) in [6.07, 6.45) is 3.84. The van der Waals surface area contributed by atoms with Gasteiger partial charge in [-0.1, -0.05) is 18.6 Å². The van der Waals surface area contributed by atoms with Crippen molar-refractivity contribution in [3.8, 4) is 0 Å². The van der Waals surface area contributed by atoms with Gasteiger partial charge in [-0.25, -0.2) is 0 Å². The number of rotatable bonds is 4. The first-order valence-corrected chi connectivity index (χ1v) is 7.79. The van der Waals surface area contributed by atoms with Crippen molar-refractivity contribution in [2.24, 2.45) is 5.73 Å². The molecule has 1 saturated heterocycles. The molecule has 0 bridgehead atoms. The van der Waals surface area contributed by atoms with Gasteiger partial charge in [-0.2, -0.15) is 0 Å². The van der Waals surface area contributed by atoms with Gasteiger partial charge in [-0.3, -0.25) is 4.90 Å². The highest BCUT2D eigenvalue weighted by molar-refractivity contribution is 5.46. The van der Waals surface area contributed by atoms with Crippen LogP contribution in [0.3, 0.4) is 0 Å². The zero-order chi connectivity index (χ0) is 14.7. The van der Waals surface area contributed by atoms with Crippen molar-refractivity contribution >= 4 is 5.69 Å². The van der Waals surface area contributed by atoms with Gasteiger partial charge in [-0.05, 0) is 44.4 Å². The molecule has 1 aromatic carbocycles. The lowest BCUT2D eigenvalue weighted by Crippen LogP contribution is -2.49. The van der Waals surface area contributed by atoms with Crippen molar-refractivity contribution in [2.45, 2.75) is 51.2 Å². The Balaban J connectivity index is 2.17. The molecule has 3 unspecified atom stereocenters. The van der Waals surface area contributed by atoms with E-state index in [0.29, 0.717) is 18.1 Å². The molecule has 1 fully saturated rings. The summed E-state index contributed by atoms with van der Waals surface area (Å²) in [4.78, 5) is 4.76. The molecule has 112 valence electrons. The predicted octanol–water partition coefficient (Wildman–Crippen LogP) is 3.02. The van der Waals surface area contributed by atoms with Gasteiger partial charge in [0.1, 0.15) is 0 Å². The lowest BCUT2D eigenvalue weighted by Gasteiger charge is -2.44. The second-order valence-corrected chi connectivity index (χ2v) is 6.28. The van der Waals surface area contributed by atoms with Gasteiger partial charge in [0.05, 0.1) is 0 Å². The molecule has 1 heterocycles. The Morgan fingerprint density at radius 3 is 2.45 bits per heavy atom. The Hall–Kier alpha value is -1.06. The summed E-state index contributed by atoms with van der Waals surface area (Å²) in [5.74, 6) is 0. The van der Waals surface area contributed by atoms with Crippen LogP contribution >= 0.6 is 0 Å². The van der Waals surface area contributed by atoms with Crippen LogP contribution in [0.4, 0.5) is 5.69 Å². The van der Waals surface area contributed by atoms with Crippen LogP contribution < -0.4 is 10.6 Å². The van der Waals surface area contributed by atoms with E-state index in [-0.39, 0.29) is 0 Å². The molecule has 3 nitrogen and oxygen atoms in total. The Kier molecular flexibility index (Phi) is 5.06. The molecule has 3 atom stereocenters. The van der Waals surface area contributed by atoms with Crippen molar-refractivity contribution in [1.29, 1.82) is 0 Å². The standard InChI is InChI=1S/C17H29N3/c1-13-6-5-7-17(12-18)20(13)14(2)15-8-10-16(11-9-15)19(3)4/h8-11,13-14,17H,5-7,12,18H2,1-4H3. The molecule has 1 aliphatic heterocycles. The monoisotopic (exact) mass is 275 g/mol. The van der Waals surface area contributed by atoms with E-state index < -0.39 is 0 Å². The van der Waals surface area contributed by atoms with Crippen molar-refractivity contribution in [3.05, 3.63) is 29.8 Å². The van der Waals surface area contributed by atoms with Crippen molar-refractivity contribution in [1.82, 2.24) is 4.90 Å². The maximum absolute atomic E-state index is 5.99. The number of piperidine rings is 1. The fourth-order valence-electron chi connectivity index (χ4n) is 3.47. The van der Waals surface area contributed by atoms with Gasteiger partial charge >= 0.3 is 0 Å². The summed E-state index contributed by atoms with van der Waals surface area (Å²) in [5, 5.41) is 0. The molecule has 0 radical (unpaired) electrons. The van der Waals surface area contributed by atoms with Crippen LogP contribution in [0, 0.1) is 0 Å². The van der Waals surface area contributed by atoms with E-state index in [2.05, 4.69) is 62.0 Å². The molecule has 0 spiro atoms. The highest BCUT2D eigenvalue weighted by atomic mass is 15.2. The average Bonchev–Trinajstić information content (AvgIpc) is 2.46. The fourth-order valence-corrected chi connectivity index (χ4v) is 3.47. The Morgan fingerprint density at radius 2 is 1.90 bits per heavy atom. The van der Waals surface area contributed by atoms with E-state index in [9.17, 15) is 0 Å². The number of hydrogen-bond donors (Lipinski definition) is 1. The second-order valence-electron chi connectivity index (χ2n) is 6.28. The molecular weight excluding hydrogens is 246 g/mol. The first-order chi connectivity index (χ1) is 9.54. The highest BCUT2D eigenvalue weighted by Crippen LogP contribution is 2.32. The summed E-state index contributed by atoms with van der Waals surface area (Å²) < 4.78 is 0. The number of benzene rings is 1. The third-order valence-corrected chi connectivity index (χ3v) is 4.70. The average molecular weight is 275 g/mol. The first-order valence-electron chi connectivity index (χ1n) is 7.79. The van der Waals surface area contributed by atoms with Crippen LogP contribution in [-0.4, -0.2) is 37.6 Å². The van der Waals surface area contributed by atoms with Gasteiger partial charge in [-0.15, -0.1) is 0 Å². The van der Waals surface area contributed by atoms with E-state index in [1.165, 1.54) is 30.5 Å². The van der Waals surface area contributed by atoms with Crippen molar-refractivity contribution in [3.63, 3.8) is 0 Å². The molecule has 0 aliphatic carbocycles. The summed E-state index contributed by atoms with van der Waals surface area (Å²) in [5.41, 5.74) is 8.63. The quantitative estimate of drug-likeness (QED) is 0.917. The molecule has 3 heteroatoms. The van der Waals surface area contributed by atoms with Gasteiger partial charge in [0.25, 0.3) is 0 Å². The minimum atomic E-state index is 0.440. The minimum Gasteiger partial charge on any atom is -0.378 e. The van der Waals surface area contributed by atoms with E-state index in [4.69, 9.17) is 5.73 Å². The van der Waals surface area contributed by atoms with Crippen molar-refractivity contribution in [2.75, 3.05) is 25.5 Å². The SMILES string of the molecule is CC1CCCC(CN)N1C(C)c1ccc(N(C)C)cc1. The van der Waals surface area contributed by atoms with Crippen LogP contribution in [-0.2, 0) is 0 Å². The Morgan fingerprint density at radius 1 is 1.25 bits per heavy atom. The summed E-state index contributed by atoms with van der Waals surface area (Å²) >= 11 is 0. The predicted molar refractivity (Wildman–Crippen MR) is 87.2 cm³/mol. The zero-order valence-corrected chi connectivity index (χ0v) is 13.3. The summed E-state index contributed by atoms with van der Waals surface area (Å²) in [6.45, 7) is 5.42. The van der Waals surface area contributed by atoms with E-state index >= 15 is 0 Å². The van der Waals surface area contributed by atoms with E-state index in [1.54, 1.807) is 0 Å². The molecule has 1 aliphatic rings. The van der Waals surface area contributed by atoms with Gasteiger partial charge in [0.15, 0.2) is 0 Å². The molecule has 20 heavy (non-hydrogen) atoms. The third-order valence-electron chi connectivity index (χ3n) is 4.70. The number of anilines is 1. The van der Waals surface area contributed by atoms with Crippen LogP contribution in [0.2, 0.25) is 0 Å². The molecule has 2 rings (SSSR count). The maximum Gasteiger partial charge on any atom is 0.0361 e. The molecule has 0 aromatic heterocycles. The zero-order valence-electron chi connectivity index (χ0n) is 13.3. The van der Waals surface area contributed by atoms with Crippen LogP contribution in [0.15, 0.2) is 24.3 Å². The highest BCUT2D eigenvalue weighted by Gasteiger charge is 2.31. The maximum atomic E-state index is 5.99. The number of nitrogens with zero attached hydrogens (tertiary/aromatic N) is 2. The van der Waals surface area contributed by atoms with Crippen LogP contribution in [0.5, 0.6) is 0 Å². The van der Waals surface area contributed by atoms with E-state index in [1.807, 2.05) is 0 Å². The topological polar surface area (TPSA) is 32.5 Å². The third kappa shape index (κ3) is 3.15. The molecule has 1 aromatic rings. The lowest BCUT2D eigenvalue weighted by molar-refractivity contribution is 0.0570. The fraction of sp³-hybridized carbons (Fsp3) is 0.647. The molecule has 2 N–H and O–H groups in total. The summed E-state index contributed by atoms with van der Waals surface area (Å²) in [6, 6.07) is 10.5. The van der Waals surface area contributed by atoms with Crippen LogP contribution in [0.25, 0.3) is 0 Å². The van der Waals surface area contributed by atoms with E-state index in [0.717, 1.165) is 6.54 Å². The molecule has 0 saturated carbocycles. The second kappa shape index (κ2) is 6.59. The van der Waals surface area contributed by atoms with Gasteiger partial charge < -0.3 is 10.6 Å². The minimum absolute atomic E-state index is 0.440. The first kappa shape index (κ1) is 15.3. The van der Waals surface area contributed by atoms with Gasteiger partial charge in [0.2, 0.25) is 0 Å². The van der Waals surface area contributed by atoms with Gasteiger partial charge in [0, 0.05) is 44.5 Å². The largest absolute Gasteiger partial charge is 0.378 e. The normalized spacial score (nSPS) is 25.4. The lowest BCUT2D eigenvalue weighted by atomic mass is 9.92.